The Hall–Kier alpha value is -1.50. The molecule has 94 valence electrons. The summed E-state index contributed by atoms with van der Waals surface area (Å²) in [6, 6.07) is 0. The van der Waals surface area contributed by atoms with E-state index in [1.165, 1.54) is 0 Å². The number of carbonyl (C=O) groups excluding carboxylic acids is 2. The predicted molar refractivity (Wildman–Crippen MR) is 64.4 cm³/mol. The van der Waals surface area contributed by atoms with Gasteiger partial charge in [0.2, 0.25) is 5.78 Å². The third-order valence-electron chi connectivity index (χ3n) is 2.76. The first-order valence-corrected chi connectivity index (χ1v) is 5.81. The fourth-order valence-electron chi connectivity index (χ4n) is 2.02. The van der Waals surface area contributed by atoms with Gasteiger partial charge in [0.05, 0.1) is 0 Å². The number of ether oxygens (including phenoxy) is 1. The van der Waals surface area contributed by atoms with Crippen LogP contribution in [0.15, 0.2) is 0 Å². The summed E-state index contributed by atoms with van der Waals surface area (Å²) >= 11 is 0. The monoisotopic (exact) mass is 237 g/mol. The van der Waals surface area contributed by atoms with Crippen molar-refractivity contribution in [2.75, 3.05) is 0 Å². The molecule has 0 aromatic carbocycles. The smallest absolute Gasteiger partial charge is 0.408 e. The summed E-state index contributed by atoms with van der Waals surface area (Å²) in [5.74, 6) is 1.75. The number of terminal acetylenes is 1. The lowest BCUT2D eigenvalue weighted by Crippen LogP contribution is -2.53. The number of carbonyl (C=O) groups is 2. The summed E-state index contributed by atoms with van der Waals surface area (Å²) in [5.41, 5.74) is -1.49. The molecule has 0 bridgehead atoms. The summed E-state index contributed by atoms with van der Waals surface area (Å²) in [6.45, 7) is 5.32. The molecule has 1 fully saturated rings. The van der Waals surface area contributed by atoms with Crippen molar-refractivity contribution in [2.24, 2.45) is 0 Å². The second kappa shape index (κ2) is 4.79. The maximum absolute atomic E-state index is 11.7. The maximum atomic E-state index is 11.7. The van der Waals surface area contributed by atoms with Crippen LogP contribution in [0.2, 0.25) is 0 Å². The largest absolute Gasteiger partial charge is 0.444 e. The molecule has 1 amide bonds. The van der Waals surface area contributed by atoms with Crippen molar-refractivity contribution in [2.45, 2.75) is 57.6 Å². The van der Waals surface area contributed by atoms with Gasteiger partial charge in [-0.1, -0.05) is 12.8 Å². The predicted octanol–water partition coefficient (Wildman–Crippen LogP) is 2.03. The van der Waals surface area contributed by atoms with Crippen LogP contribution in [0.25, 0.3) is 0 Å². The molecule has 0 atom stereocenters. The molecular formula is C13H19NO3. The van der Waals surface area contributed by atoms with Gasteiger partial charge in [-0.25, -0.2) is 4.79 Å². The zero-order chi connectivity index (χ0) is 13.1. The standard InChI is InChI=1S/C13H19NO3/c1-5-10(15)13(8-6-7-9-13)14-11(16)17-12(2,3)4/h1H,6-9H2,2-4H3,(H,14,16). The number of Topliss-reactive ketones (excluding diaryl/α,β-unsaturated/α-hetero) is 1. The van der Waals surface area contributed by atoms with Crippen LogP contribution < -0.4 is 5.32 Å². The van der Waals surface area contributed by atoms with Gasteiger partial charge in [-0.05, 0) is 39.5 Å². The zero-order valence-corrected chi connectivity index (χ0v) is 10.6. The molecule has 17 heavy (non-hydrogen) atoms. The van der Waals surface area contributed by atoms with Crippen LogP contribution in [-0.2, 0) is 9.53 Å². The highest BCUT2D eigenvalue weighted by Gasteiger charge is 2.42. The Morgan fingerprint density at radius 3 is 2.24 bits per heavy atom. The van der Waals surface area contributed by atoms with Crippen LogP contribution in [0.5, 0.6) is 0 Å². The molecule has 1 aliphatic rings. The number of ketones is 1. The minimum absolute atomic E-state index is 0.360. The van der Waals surface area contributed by atoms with Crippen LogP contribution >= 0.6 is 0 Å². The molecular weight excluding hydrogens is 218 g/mol. The van der Waals surface area contributed by atoms with Gasteiger partial charge in [0.25, 0.3) is 0 Å². The summed E-state index contributed by atoms with van der Waals surface area (Å²) in [4.78, 5) is 23.4. The molecule has 0 aliphatic heterocycles. The fourth-order valence-corrected chi connectivity index (χ4v) is 2.02. The Labute approximate surface area is 102 Å². The Kier molecular flexibility index (Phi) is 3.82. The van der Waals surface area contributed by atoms with Crippen molar-refractivity contribution in [1.29, 1.82) is 0 Å². The minimum Gasteiger partial charge on any atom is -0.444 e. The lowest BCUT2D eigenvalue weighted by Gasteiger charge is -2.28. The van der Waals surface area contributed by atoms with Crippen molar-refractivity contribution in [3.05, 3.63) is 0 Å². The lowest BCUT2D eigenvalue weighted by molar-refractivity contribution is -0.119. The van der Waals surface area contributed by atoms with Crippen LogP contribution in [0, 0.1) is 12.3 Å². The highest BCUT2D eigenvalue weighted by Crippen LogP contribution is 2.30. The third-order valence-corrected chi connectivity index (χ3v) is 2.76. The number of hydrogen-bond donors (Lipinski definition) is 1. The van der Waals surface area contributed by atoms with Crippen LogP contribution in [0.4, 0.5) is 4.79 Å². The molecule has 0 aromatic heterocycles. The summed E-state index contributed by atoms with van der Waals surface area (Å²) in [7, 11) is 0. The number of rotatable bonds is 2. The van der Waals surface area contributed by atoms with E-state index in [1.807, 2.05) is 0 Å². The van der Waals surface area contributed by atoms with Crippen molar-refractivity contribution in [1.82, 2.24) is 5.32 Å². The summed E-state index contributed by atoms with van der Waals surface area (Å²) < 4.78 is 5.15. The highest BCUT2D eigenvalue weighted by molar-refractivity contribution is 6.04. The number of nitrogens with one attached hydrogen (secondary N) is 1. The van der Waals surface area contributed by atoms with E-state index in [0.717, 1.165) is 12.8 Å². The first-order valence-electron chi connectivity index (χ1n) is 5.81. The van der Waals surface area contributed by atoms with Crippen LogP contribution in [0.1, 0.15) is 46.5 Å². The van der Waals surface area contributed by atoms with E-state index >= 15 is 0 Å². The Morgan fingerprint density at radius 2 is 1.82 bits per heavy atom. The normalized spacial score (nSPS) is 18.2. The van der Waals surface area contributed by atoms with E-state index in [4.69, 9.17) is 11.2 Å². The molecule has 0 saturated heterocycles. The quantitative estimate of drug-likeness (QED) is 0.590. The van der Waals surface area contributed by atoms with Gasteiger partial charge in [-0.2, -0.15) is 0 Å². The zero-order valence-electron chi connectivity index (χ0n) is 10.6. The summed E-state index contributed by atoms with van der Waals surface area (Å²) in [6.07, 6.45) is 7.54. The van der Waals surface area contributed by atoms with E-state index in [-0.39, 0.29) is 5.78 Å². The topological polar surface area (TPSA) is 55.4 Å². The first-order chi connectivity index (χ1) is 7.79. The van der Waals surface area contributed by atoms with E-state index in [0.29, 0.717) is 12.8 Å². The van der Waals surface area contributed by atoms with Gasteiger partial charge >= 0.3 is 6.09 Å². The van der Waals surface area contributed by atoms with Gasteiger partial charge in [0.1, 0.15) is 11.1 Å². The molecule has 0 heterocycles. The van der Waals surface area contributed by atoms with E-state index in [1.54, 1.807) is 20.8 Å². The van der Waals surface area contributed by atoms with Gasteiger partial charge < -0.3 is 10.1 Å². The van der Waals surface area contributed by atoms with Crippen molar-refractivity contribution >= 4 is 11.9 Å². The Bertz CT molecular complexity index is 354. The third kappa shape index (κ3) is 3.48. The van der Waals surface area contributed by atoms with E-state index in [9.17, 15) is 9.59 Å². The fraction of sp³-hybridized carbons (Fsp3) is 0.692. The molecule has 0 spiro atoms. The number of amides is 1. The molecule has 0 unspecified atom stereocenters. The molecule has 4 nitrogen and oxygen atoms in total. The highest BCUT2D eigenvalue weighted by atomic mass is 16.6. The average Bonchev–Trinajstić information content (AvgIpc) is 2.63. The molecule has 4 heteroatoms. The van der Waals surface area contributed by atoms with E-state index < -0.39 is 17.2 Å². The number of hydrogen-bond acceptors (Lipinski definition) is 3. The van der Waals surface area contributed by atoms with Gasteiger partial charge in [-0.3, -0.25) is 4.79 Å². The first kappa shape index (κ1) is 13.6. The number of alkyl carbamates (subject to hydrolysis) is 1. The molecule has 1 rings (SSSR count). The van der Waals surface area contributed by atoms with E-state index in [2.05, 4.69) is 11.2 Å². The molecule has 1 aliphatic carbocycles. The lowest BCUT2D eigenvalue weighted by atomic mass is 9.92. The molecule has 1 saturated carbocycles. The van der Waals surface area contributed by atoms with Gasteiger partial charge in [0, 0.05) is 0 Å². The van der Waals surface area contributed by atoms with Gasteiger partial charge in [0.15, 0.2) is 0 Å². The van der Waals surface area contributed by atoms with Crippen molar-refractivity contribution in [3.63, 3.8) is 0 Å². The average molecular weight is 237 g/mol. The summed E-state index contributed by atoms with van der Waals surface area (Å²) in [5, 5.41) is 2.65. The van der Waals surface area contributed by atoms with Crippen LogP contribution in [-0.4, -0.2) is 23.0 Å². The maximum Gasteiger partial charge on any atom is 0.408 e. The van der Waals surface area contributed by atoms with Crippen LogP contribution in [0.3, 0.4) is 0 Å². The SMILES string of the molecule is C#CC(=O)C1(NC(=O)OC(C)(C)C)CCCC1. The second-order valence-corrected chi connectivity index (χ2v) is 5.39. The second-order valence-electron chi connectivity index (χ2n) is 5.39. The minimum atomic E-state index is -0.906. The van der Waals surface area contributed by atoms with Crippen molar-refractivity contribution in [3.8, 4) is 12.3 Å². The Morgan fingerprint density at radius 1 is 1.29 bits per heavy atom. The molecule has 1 N–H and O–H groups in total. The van der Waals surface area contributed by atoms with Gasteiger partial charge in [-0.15, -0.1) is 6.42 Å². The molecule has 0 radical (unpaired) electrons. The Balaban J connectivity index is 2.72. The molecule has 0 aromatic rings. The van der Waals surface area contributed by atoms with Crippen molar-refractivity contribution < 1.29 is 14.3 Å².